The van der Waals surface area contributed by atoms with E-state index in [1.165, 1.54) is 0 Å². The van der Waals surface area contributed by atoms with Crippen LogP contribution in [-0.2, 0) is 19.0 Å². The molecule has 9 nitrogen and oxygen atoms in total. The van der Waals surface area contributed by atoms with Crippen LogP contribution in [0.3, 0.4) is 0 Å². The van der Waals surface area contributed by atoms with Crippen LogP contribution in [0.5, 0.6) is 0 Å². The Morgan fingerprint density at radius 3 is 2.44 bits per heavy atom. The first-order valence-corrected chi connectivity index (χ1v) is 8.62. The first kappa shape index (κ1) is 19.0. The zero-order valence-corrected chi connectivity index (χ0v) is 14.0. The molecular weight excluding hydrogens is 336 g/mol. The second-order valence-electron chi connectivity index (χ2n) is 7.20. The zero-order chi connectivity index (χ0) is 18.3. The summed E-state index contributed by atoms with van der Waals surface area (Å²) in [5, 5.41) is 48.8. The Morgan fingerprint density at radius 1 is 1.08 bits per heavy atom. The number of esters is 1. The van der Waals surface area contributed by atoms with Gasteiger partial charge in [-0.2, -0.15) is 0 Å². The van der Waals surface area contributed by atoms with Gasteiger partial charge in [0, 0.05) is 18.4 Å². The highest BCUT2D eigenvalue weighted by Gasteiger charge is 2.53. The number of aliphatic hydroxyl groups excluding tert-OH is 5. The smallest absolute Gasteiger partial charge is 0.308 e. The van der Waals surface area contributed by atoms with Crippen LogP contribution in [0, 0.1) is 23.7 Å². The van der Waals surface area contributed by atoms with Crippen LogP contribution in [0.2, 0.25) is 0 Å². The van der Waals surface area contributed by atoms with Gasteiger partial charge in [0.1, 0.15) is 24.4 Å². The highest BCUT2D eigenvalue weighted by molar-refractivity contribution is 5.73. The SMILES string of the molecule is C[C@H]1C(=O)OC[C@@H]2[C@@H](CO)[C@@H](O[C@@H]3O[C@H](CO)[C@@H](O)[C@H](O)[C@H]3O)C[C@@H]21. The summed E-state index contributed by atoms with van der Waals surface area (Å²) in [6, 6.07) is 0. The molecule has 0 unspecified atom stereocenters. The lowest BCUT2D eigenvalue weighted by Gasteiger charge is -2.41. The number of fused-ring (bicyclic) bond motifs is 1. The van der Waals surface area contributed by atoms with Crippen LogP contribution < -0.4 is 0 Å². The van der Waals surface area contributed by atoms with Crippen molar-refractivity contribution in [3.63, 3.8) is 0 Å². The lowest BCUT2D eigenvalue weighted by molar-refractivity contribution is -0.314. The fourth-order valence-corrected chi connectivity index (χ4v) is 4.28. The standard InChI is InChI=1S/C16H26O9/c1-6-7-2-10(8(3-17)9(7)5-23-15(6)22)24-16-14(21)13(20)12(19)11(4-18)25-16/h6-14,16-21H,2-5H2,1H3/t6-,7-,8-,9+,10+,11-,12-,13+,14-,16-/m1/s1. The normalized spacial score (nSPS) is 50.4. The molecule has 3 rings (SSSR count). The second-order valence-corrected chi connectivity index (χ2v) is 7.20. The summed E-state index contributed by atoms with van der Waals surface area (Å²) in [7, 11) is 0. The van der Waals surface area contributed by atoms with E-state index < -0.39 is 43.4 Å². The Balaban J connectivity index is 1.72. The van der Waals surface area contributed by atoms with Crippen LogP contribution in [0.1, 0.15) is 13.3 Å². The van der Waals surface area contributed by atoms with Crippen molar-refractivity contribution in [3.8, 4) is 0 Å². The predicted molar refractivity (Wildman–Crippen MR) is 80.9 cm³/mol. The molecule has 144 valence electrons. The minimum absolute atomic E-state index is 0.00622. The van der Waals surface area contributed by atoms with E-state index in [0.29, 0.717) is 6.42 Å². The first-order valence-electron chi connectivity index (χ1n) is 8.62. The molecule has 2 heterocycles. The number of cyclic esters (lactones) is 1. The van der Waals surface area contributed by atoms with Crippen LogP contribution in [0.25, 0.3) is 0 Å². The number of carbonyl (C=O) groups excluding carboxylic acids is 1. The molecule has 0 amide bonds. The topological polar surface area (TPSA) is 146 Å². The summed E-state index contributed by atoms with van der Waals surface area (Å²) in [6.45, 7) is 1.29. The molecule has 3 aliphatic rings. The predicted octanol–water partition coefficient (Wildman–Crippen LogP) is -2.39. The van der Waals surface area contributed by atoms with Gasteiger partial charge in [0.25, 0.3) is 0 Å². The molecule has 2 saturated heterocycles. The molecular formula is C16H26O9. The number of hydrogen-bond acceptors (Lipinski definition) is 9. The fourth-order valence-electron chi connectivity index (χ4n) is 4.28. The molecule has 3 fully saturated rings. The van der Waals surface area contributed by atoms with E-state index in [-0.39, 0.29) is 42.9 Å². The third kappa shape index (κ3) is 3.30. The molecule has 0 aromatic carbocycles. The van der Waals surface area contributed by atoms with Gasteiger partial charge in [-0.05, 0) is 12.3 Å². The van der Waals surface area contributed by atoms with Crippen molar-refractivity contribution in [1.29, 1.82) is 0 Å². The third-order valence-electron chi connectivity index (χ3n) is 5.88. The molecule has 1 saturated carbocycles. The summed E-state index contributed by atoms with van der Waals surface area (Å²) in [4.78, 5) is 11.8. The third-order valence-corrected chi connectivity index (χ3v) is 5.88. The highest BCUT2D eigenvalue weighted by atomic mass is 16.7. The van der Waals surface area contributed by atoms with Crippen molar-refractivity contribution in [1.82, 2.24) is 0 Å². The number of ether oxygens (including phenoxy) is 3. The average molecular weight is 362 g/mol. The molecule has 0 bridgehead atoms. The molecule has 0 radical (unpaired) electrons. The fraction of sp³-hybridized carbons (Fsp3) is 0.938. The van der Waals surface area contributed by atoms with Crippen molar-refractivity contribution in [2.24, 2.45) is 23.7 Å². The maximum atomic E-state index is 11.8. The molecule has 0 aromatic rings. The minimum atomic E-state index is -1.52. The van der Waals surface area contributed by atoms with Crippen molar-refractivity contribution in [2.45, 2.75) is 50.2 Å². The van der Waals surface area contributed by atoms with Gasteiger partial charge in [-0.15, -0.1) is 0 Å². The Morgan fingerprint density at radius 2 is 1.80 bits per heavy atom. The summed E-state index contributed by atoms with van der Waals surface area (Å²) >= 11 is 0. The zero-order valence-electron chi connectivity index (χ0n) is 14.0. The van der Waals surface area contributed by atoms with Gasteiger partial charge in [-0.3, -0.25) is 4.79 Å². The lowest BCUT2D eigenvalue weighted by atomic mass is 9.80. The van der Waals surface area contributed by atoms with E-state index in [0.717, 1.165) is 0 Å². The van der Waals surface area contributed by atoms with Crippen LogP contribution >= 0.6 is 0 Å². The van der Waals surface area contributed by atoms with Crippen molar-refractivity contribution >= 4 is 5.97 Å². The van der Waals surface area contributed by atoms with Gasteiger partial charge in [-0.1, -0.05) is 6.92 Å². The molecule has 1 aliphatic carbocycles. The lowest BCUT2D eigenvalue weighted by Crippen LogP contribution is -2.59. The van der Waals surface area contributed by atoms with E-state index in [1.807, 2.05) is 0 Å². The van der Waals surface area contributed by atoms with Crippen LogP contribution in [-0.4, -0.2) is 88.1 Å². The molecule has 10 atom stereocenters. The molecule has 2 aliphatic heterocycles. The van der Waals surface area contributed by atoms with Crippen molar-refractivity contribution in [3.05, 3.63) is 0 Å². The summed E-state index contributed by atoms with van der Waals surface area (Å²) in [6.07, 6.45) is -6.78. The Labute approximate surface area is 145 Å². The number of carbonyl (C=O) groups is 1. The van der Waals surface area contributed by atoms with Gasteiger partial charge in [0.15, 0.2) is 6.29 Å². The van der Waals surface area contributed by atoms with Gasteiger partial charge >= 0.3 is 5.97 Å². The Hall–Kier alpha value is -0.810. The second kappa shape index (κ2) is 7.43. The van der Waals surface area contributed by atoms with E-state index in [4.69, 9.17) is 14.2 Å². The van der Waals surface area contributed by atoms with Gasteiger partial charge in [0.2, 0.25) is 0 Å². The maximum Gasteiger partial charge on any atom is 0.308 e. The minimum Gasteiger partial charge on any atom is -0.465 e. The first-order chi connectivity index (χ1) is 11.9. The van der Waals surface area contributed by atoms with E-state index >= 15 is 0 Å². The summed E-state index contributed by atoms with van der Waals surface area (Å²) < 4.78 is 16.4. The molecule has 5 N–H and O–H groups in total. The molecule has 0 aromatic heterocycles. The average Bonchev–Trinajstić information content (AvgIpc) is 2.96. The Bertz CT molecular complexity index is 484. The largest absolute Gasteiger partial charge is 0.465 e. The van der Waals surface area contributed by atoms with Gasteiger partial charge in [0.05, 0.1) is 25.2 Å². The maximum absolute atomic E-state index is 11.8. The van der Waals surface area contributed by atoms with E-state index in [2.05, 4.69) is 0 Å². The molecule has 9 heteroatoms. The highest BCUT2D eigenvalue weighted by Crippen LogP contribution is 2.46. The quantitative estimate of drug-likeness (QED) is 0.346. The number of rotatable bonds is 4. The summed E-state index contributed by atoms with van der Waals surface area (Å²) in [5.41, 5.74) is 0. The molecule has 25 heavy (non-hydrogen) atoms. The monoisotopic (exact) mass is 362 g/mol. The van der Waals surface area contributed by atoms with Gasteiger partial charge in [-0.25, -0.2) is 0 Å². The summed E-state index contributed by atoms with van der Waals surface area (Å²) in [5.74, 6) is -0.934. The van der Waals surface area contributed by atoms with E-state index in [9.17, 15) is 30.3 Å². The number of hydrogen-bond donors (Lipinski definition) is 5. The molecule has 0 spiro atoms. The van der Waals surface area contributed by atoms with Crippen LogP contribution in [0.4, 0.5) is 0 Å². The van der Waals surface area contributed by atoms with E-state index in [1.54, 1.807) is 6.92 Å². The number of aliphatic hydroxyl groups is 5. The van der Waals surface area contributed by atoms with Crippen molar-refractivity contribution in [2.75, 3.05) is 19.8 Å². The van der Waals surface area contributed by atoms with Crippen molar-refractivity contribution < 1.29 is 44.5 Å². The van der Waals surface area contributed by atoms with Gasteiger partial charge < -0.3 is 39.7 Å². The van der Waals surface area contributed by atoms with Crippen LogP contribution in [0.15, 0.2) is 0 Å². The Kier molecular flexibility index (Phi) is 5.64.